The van der Waals surface area contributed by atoms with Crippen LogP contribution in [0.5, 0.6) is 0 Å². The number of hydrogen-bond acceptors (Lipinski definition) is 4. The maximum absolute atomic E-state index is 12.4. The number of hydrogen-bond donors (Lipinski definition) is 1. The number of rotatable bonds is 14. The van der Waals surface area contributed by atoms with Crippen LogP contribution in [0, 0.1) is 45.8 Å². The standard InChI is InChI=1S/C34H55NO2S/c1-32-18-15-28(36)25-27(32)24-26(31-29(32)16-19-33(2)30(31)17-20-34(33,3)37)14-10-7-5-4-6-8-12-22-38-23-13-9-11-21-35/h25-26,29-31,37H,4-20,22-24H2,1-3H3/t26?,29-,30+,31-,32+,33+,34?/m1/s1. The van der Waals surface area contributed by atoms with Gasteiger partial charge < -0.3 is 5.11 Å². The van der Waals surface area contributed by atoms with E-state index in [0.717, 1.165) is 44.4 Å². The van der Waals surface area contributed by atoms with E-state index in [4.69, 9.17) is 5.26 Å². The van der Waals surface area contributed by atoms with E-state index in [9.17, 15) is 9.90 Å². The largest absolute Gasteiger partial charge is 0.390 e. The molecular formula is C34H55NO2S. The molecule has 0 radical (unpaired) electrons. The second-order valence-electron chi connectivity index (χ2n) is 14.1. The first kappa shape index (κ1) is 30.2. The fraction of sp³-hybridized carbons (Fsp3) is 0.882. The fourth-order valence-electron chi connectivity index (χ4n) is 9.25. The van der Waals surface area contributed by atoms with E-state index in [-0.39, 0.29) is 10.8 Å². The summed E-state index contributed by atoms with van der Waals surface area (Å²) in [6, 6.07) is 2.23. The smallest absolute Gasteiger partial charge is 0.155 e. The van der Waals surface area contributed by atoms with Crippen LogP contribution in [0.4, 0.5) is 0 Å². The van der Waals surface area contributed by atoms with Crippen LogP contribution in [-0.2, 0) is 4.79 Å². The summed E-state index contributed by atoms with van der Waals surface area (Å²) < 4.78 is 0. The lowest BCUT2D eigenvalue weighted by Crippen LogP contribution is -2.56. The van der Waals surface area contributed by atoms with Gasteiger partial charge in [0.2, 0.25) is 0 Å². The quantitative estimate of drug-likeness (QED) is 0.223. The summed E-state index contributed by atoms with van der Waals surface area (Å²) in [5.41, 5.74) is 1.22. The molecule has 1 N–H and O–H groups in total. The number of nitriles is 1. The Morgan fingerprint density at radius 3 is 2.32 bits per heavy atom. The highest BCUT2D eigenvalue weighted by Crippen LogP contribution is 2.69. The summed E-state index contributed by atoms with van der Waals surface area (Å²) in [5, 5.41) is 20.0. The molecule has 38 heavy (non-hydrogen) atoms. The molecule has 4 rings (SSSR count). The zero-order chi connectivity index (χ0) is 27.2. The highest BCUT2D eigenvalue weighted by atomic mass is 32.2. The molecule has 0 spiro atoms. The highest BCUT2D eigenvalue weighted by Gasteiger charge is 2.64. The molecule has 0 aromatic rings. The van der Waals surface area contributed by atoms with Gasteiger partial charge in [-0.2, -0.15) is 17.0 Å². The fourth-order valence-corrected chi connectivity index (χ4v) is 10.3. The maximum Gasteiger partial charge on any atom is 0.155 e. The first-order chi connectivity index (χ1) is 18.2. The number of unbranched alkanes of at least 4 members (excludes halogenated alkanes) is 8. The third-order valence-electron chi connectivity index (χ3n) is 11.9. The molecule has 4 heteroatoms. The van der Waals surface area contributed by atoms with Gasteiger partial charge in [0.05, 0.1) is 11.7 Å². The van der Waals surface area contributed by atoms with Gasteiger partial charge in [-0.25, -0.2) is 0 Å². The summed E-state index contributed by atoms with van der Waals surface area (Å²) in [5.74, 6) is 5.59. The van der Waals surface area contributed by atoms with Crippen molar-refractivity contribution in [2.24, 2.45) is 34.5 Å². The Bertz CT molecular complexity index is 874. The van der Waals surface area contributed by atoms with Crippen molar-refractivity contribution in [3.8, 4) is 6.07 Å². The normalized spacial score (nSPS) is 38.2. The van der Waals surface area contributed by atoms with E-state index in [1.54, 1.807) is 0 Å². The van der Waals surface area contributed by atoms with Gasteiger partial charge in [0.1, 0.15) is 0 Å². The van der Waals surface area contributed by atoms with Crippen LogP contribution in [0.3, 0.4) is 0 Å². The Hall–Kier alpha value is -0.790. The van der Waals surface area contributed by atoms with Gasteiger partial charge in [0.25, 0.3) is 0 Å². The second kappa shape index (κ2) is 13.2. The first-order valence-electron chi connectivity index (χ1n) is 16.1. The molecule has 0 amide bonds. The number of thioether (sulfide) groups is 1. The summed E-state index contributed by atoms with van der Waals surface area (Å²) in [4.78, 5) is 12.4. The Kier molecular flexibility index (Phi) is 10.5. The molecule has 4 aliphatic rings. The van der Waals surface area contributed by atoms with Crippen LogP contribution in [0.1, 0.15) is 136 Å². The molecule has 0 heterocycles. The van der Waals surface area contributed by atoms with E-state index in [0.29, 0.717) is 30.0 Å². The molecule has 2 unspecified atom stereocenters. The van der Waals surface area contributed by atoms with E-state index < -0.39 is 5.60 Å². The molecule has 3 saturated carbocycles. The first-order valence-corrected chi connectivity index (χ1v) is 17.3. The highest BCUT2D eigenvalue weighted by molar-refractivity contribution is 7.99. The number of nitrogens with zero attached hydrogens (tertiary/aromatic N) is 1. The van der Waals surface area contributed by atoms with Crippen LogP contribution in [0.15, 0.2) is 11.6 Å². The zero-order valence-electron chi connectivity index (χ0n) is 24.7. The van der Waals surface area contributed by atoms with Crippen LogP contribution in [0.2, 0.25) is 0 Å². The molecule has 0 aromatic carbocycles. The number of allylic oxidation sites excluding steroid dienone is 1. The third-order valence-corrected chi connectivity index (χ3v) is 13.0. The van der Waals surface area contributed by atoms with Crippen LogP contribution in [0.25, 0.3) is 0 Å². The number of aliphatic hydroxyl groups is 1. The number of ketones is 1. The Balaban J connectivity index is 1.24. The topological polar surface area (TPSA) is 61.1 Å². The van der Waals surface area contributed by atoms with Crippen molar-refractivity contribution in [3.05, 3.63) is 11.6 Å². The molecular weight excluding hydrogens is 486 g/mol. The number of carbonyl (C=O) groups is 1. The van der Waals surface area contributed by atoms with Gasteiger partial charge in [-0.05, 0) is 123 Å². The molecule has 7 atom stereocenters. The molecule has 0 saturated heterocycles. The van der Waals surface area contributed by atoms with Gasteiger partial charge in [0, 0.05) is 12.8 Å². The average Bonchev–Trinajstić information content (AvgIpc) is 3.13. The van der Waals surface area contributed by atoms with E-state index in [1.165, 1.54) is 87.7 Å². The van der Waals surface area contributed by atoms with Gasteiger partial charge in [-0.3, -0.25) is 4.79 Å². The van der Waals surface area contributed by atoms with Crippen molar-refractivity contribution in [1.29, 1.82) is 5.26 Å². The summed E-state index contributed by atoms with van der Waals surface area (Å²) in [6.45, 7) is 7.01. The SMILES string of the molecule is CC1(O)CC[C@H]2[C@@H]3C(CCCCCCCCCSCCCCC#N)CC4=CC(=O)CC[C@]4(C)[C@@H]3CC[C@@]21C. The lowest BCUT2D eigenvalue weighted by molar-refractivity contribution is -0.135. The predicted octanol–water partition coefficient (Wildman–Crippen LogP) is 9.04. The zero-order valence-corrected chi connectivity index (χ0v) is 25.6. The Morgan fingerprint density at radius 1 is 0.921 bits per heavy atom. The van der Waals surface area contributed by atoms with Crippen molar-refractivity contribution < 1.29 is 9.90 Å². The average molecular weight is 542 g/mol. The molecule has 3 fully saturated rings. The van der Waals surface area contributed by atoms with Crippen molar-refractivity contribution in [3.63, 3.8) is 0 Å². The molecule has 0 aliphatic heterocycles. The Labute approximate surface area is 238 Å². The lowest BCUT2D eigenvalue weighted by atomic mass is 9.44. The van der Waals surface area contributed by atoms with E-state index in [2.05, 4.69) is 44.7 Å². The van der Waals surface area contributed by atoms with Crippen molar-refractivity contribution >= 4 is 17.5 Å². The minimum atomic E-state index is -0.525. The van der Waals surface area contributed by atoms with Gasteiger partial charge in [-0.1, -0.05) is 57.9 Å². The predicted molar refractivity (Wildman–Crippen MR) is 160 cm³/mol. The van der Waals surface area contributed by atoms with Crippen molar-refractivity contribution in [2.45, 2.75) is 142 Å². The molecule has 0 bridgehead atoms. The van der Waals surface area contributed by atoms with Crippen molar-refractivity contribution in [1.82, 2.24) is 0 Å². The maximum atomic E-state index is 12.4. The van der Waals surface area contributed by atoms with Gasteiger partial charge >= 0.3 is 0 Å². The number of fused-ring (bicyclic) bond motifs is 5. The molecule has 4 aliphatic carbocycles. The minimum Gasteiger partial charge on any atom is -0.390 e. The van der Waals surface area contributed by atoms with Crippen LogP contribution in [-0.4, -0.2) is 28.0 Å². The van der Waals surface area contributed by atoms with Gasteiger partial charge in [0.15, 0.2) is 5.78 Å². The monoisotopic (exact) mass is 541 g/mol. The number of carbonyl (C=O) groups excluding carboxylic acids is 1. The lowest BCUT2D eigenvalue weighted by Gasteiger charge is -2.61. The summed E-state index contributed by atoms with van der Waals surface area (Å²) in [6.07, 6.45) is 23.2. The van der Waals surface area contributed by atoms with Crippen LogP contribution >= 0.6 is 11.8 Å². The second-order valence-corrected chi connectivity index (χ2v) is 15.3. The van der Waals surface area contributed by atoms with Gasteiger partial charge in [-0.15, -0.1) is 0 Å². The molecule has 214 valence electrons. The van der Waals surface area contributed by atoms with Crippen molar-refractivity contribution in [2.75, 3.05) is 11.5 Å². The summed E-state index contributed by atoms with van der Waals surface area (Å²) >= 11 is 2.06. The molecule has 0 aromatic heterocycles. The van der Waals surface area contributed by atoms with E-state index in [1.807, 2.05) is 0 Å². The van der Waals surface area contributed by atoms with Crippen LogP contribution < -0.4 is 0 Å². The minimum absolute atomic E-state index is 0.0589. The Morgan fingerprint density at radius 2 is 1.58 bits per heavy atom. The summed E-state index contributed by atoms with van der Waals surface area (Å²) in [7, 11) is 0. The third kappa shape index (κ3) is 6.40. The molecule has 3 nitrogen and oxygen atoms in total. The van der Waals surface area contributed by atoms with E-state index >= 15 is 0 Å².